The molecule has 112 valence electrons. The number of carbonyl (C=O) groups excluding carboxylic acids is 1. The molecule has 1 aromatic carbocycles. The van der Waals surface area contributed by atoms with E-state index in [1.54, 1.807) is 7.11 Å². The standard InChI is InChI=1S/C16H26N2O2/c1-11(12-8-6-7-9-13(12)20-5)18-15(19)10-14(17)16(2,3)4/h6-9,11,14H,10,17H2,1-5H3,(H,18,19)/t11-,14?/m1/s1. The molecule has 0 radical (unpaired) electrons. The van der Waals surface area contributed by atoms with Crippen molar-refractivity contribution < 1.29 is 9.53 Å². The third kappa shape index (κ3) is 4.53. The van der Waals surface area contributed by atoms with E-state index in [0.29, 0.717) is 6.42 Å². The Morgan fingerprint density at radius 3 is 2.50 bits per heavy atom. The maximum atomic E-state index is 12.1. The summed E-state index contributed by atoms with van der Waals surface area (Å²) in [5.74, 6) is 0.742. The number of nitrogens with two attached hydrogens (primary N) is 1. The van der Waals surface area contributed by atoms with Crippen molar-refractivity contribution in [2.24, 2.45) is 11.1 Å². The van der Waals surface area contributed by atoms with Gasteiger partial charge in [0.25, 0.3) is 0 Å². The Kier molecular flexibility index (Phi) is 5.57. The Morgan fingerprint density at radius 2 is 1.95 bits per heavy atom. The molecule has 1 unspecified atom stereocenters. The van der Waals surface area contributed by atoms with Crippen LogP contribution in [0.4, 0.5) is 0 Å². The monoisotopic (exact) mass is 278 g/mol. The van der Waals surface area contributed by atoms with Crippen LogP contribution in [0.15, 0.2) is 24.3 Å². The molecule has 0 bridgehead atoms. The summed E-state index contributed by atoms with van der Waals surface area (Å²) in [7, 11) is 1.63. The molecule has 2 atom stereocenters. The number of benzene rings is 1. The highest BCUT2D eigenvalue weighted by Crippen LogP contribution is 2.25. The van der Waals surface area contributed by atoms with Gasteiger partial charge in [-0.3, -0.25) is 4.79 Å². The summed E-state index contributed by atoms with van der Waals surface area (Å²) in [4.78, 5) is 12.1. The summed E-state index contributed by atoms with van der Waals surface area (Å²) in [6.07, 6.45) is 0.322. The fourth-order valence-corrected chi connectivity index (χ4v) is 1.91. The molecule has 0 fully saturated rings. The molecule has 20 heavy (non-hydrogen) atoms. The van der Waals surface area contributed by atoms with Gasteiger partial charge < -0.3 is 15.8 Å². The molecule has 0 saturated carbocycles. The second-order valence-corrected chi connectivity index (χ2v) is 6.21. The molecule has 0 aliphatic carbocycles. The van der Waals surface area contributed by atoms with Crippen LogP contribution in [-0.4, -0.2) is 19.1 Å². The van der Waals surface area contributed by atoms with Crippen LogP contribution in [0.5, 0.6) is 5.75 Å². The largest absolute Gasteiger partial charge is 0.496 e. The van der Waals surface area contributed by atoms with Crippen LogP contribution in [0.3, 0.4) is 0 Å². The molecule has 0 aliphatic heterocycles. The second-order valence-electron chi connectivity index (χ2n) is 6.21. The Bertz CT molecular complexity index is 452. The molecule has 0 heterocycles. The molecule has 1 amide bonds. The van der Waals surface area contributed by atoms with Crippen molar-refractivity contribution in [3.8, 4) is 5.75 Å². The molecule has 0 spiro atoms. The third-order valence-electron chi connectivity index (χ3n) is 3.50. The highest BCUT2D eigenvalue weighted by atomic mass is 16.5. The van der Waals surface area contributed by atoms with Gasteiger partial charge in [-0.15, -0.1) is 0 Å². The number of methoxy groups -OCH3 is 1. The highest BCUT2D eigenvalue weighted by molar-refractivity contribution is 5.77. The van der Waals surface area contributed by atoms with Crippen LogP contribution >= 0.6 is 0 Å². The van der Waals surface area contributed by atoms with Gasteiger partial charge in [-0.2, -0.15) is 0 Å². The summed E-state index contributed by atoms with van der Waals surface area (Å²) < 4.78 is 5.31. The molecule has 4 heteroatoms. The molecule has 4 nitrogen and oxygen atoms in total. The number of amides is 1. The van der Waals surface area contributed by atoms with E-state index in [0.717, 1.165) is 11.3 Å². The number of nitrogens with one attached hydrogen (secondary N) is 1. The lowest BCUT2D eigenvalue weighted by Crippen LogP contribution is -2.40. The molecular weight excluding hydrogens is 252 g/mol. The van der Waals surface area contributed by atoms with Gasteiger partial charge in [-0.25, -0.2) is 0 Å². The maximum absolute atomic E-state index is 12.1. The van der Waals surface area contributed by atoms with Gasteiger partial charge in [0, 0.05) is 18.0 Å². The van der Waals surface area contributed by atoms with Crippen molar-refractivity contribution in [1.82, 2.24) is 5.32 Å². The van der Waals surface area contributed by atoms with E-state index in [4.69, 9.17) is 10.5 Å². The zero-order chi connectivity index (χ0) is 15.3. The van der Waals surface area contributed by atoms with Crippen LogP contribution < -0.4 is 15.8 Å². The van der Waals surface area contributed by atoms with Crippen molar-refractivity contribution in [2.45, 2.75) is 46.2 Å². The highest BCUT2D eigenvalue weighted by Gasteiger charge is 2.24. The van der Waals surface area contributed by atoms with Gasteiger partial charge in [-0.05, 0) is 18.4 Å². The number of carbonyl (C=O) groups is 1. The van der Waals surface area contributed by atoms with E-state index < -0.39 is 0 Å². The SMILES string of the molecule is COc1ccccc1[C@@H](C)NC(=O)CC(N)C(C)(C)C. The van der Waals surface area contributed by atoms with E-state index in [2.05, 4.69) is 5.32 Å². The Labute approximate surface area is 121 Å². The Morgan fingerprint density at radius 1 is 1.35 bits per heavy atom. The van der Waals surface area contributed by atoms with Gasteiger partial charge >= 0.3 is 0 Å². The van der Waals surface area contributed by atoms with E-state index >= 15 is 0 Å². The lowest BCUT2D eigenvalue weighted by Gasteiger charge is -2.27. The lowest BCUT2D eigenvalue weighted by atomic mass is 9.85. The number of rotatable bonds is 5. The average Bonchev–Trinajstić information content (AvgIpc) is 2.37. The van der Waals surface area contributed by atoms with E-state index in [9.17, 15) is 4.79 Å². The van der Waals surface area contributed by atoms with Crippen molar-refractivity contribution >= 4 is 5.91 Å². The summed E-state index contributed by atoms with van der Waals surface area (Å²) in [6.45, 7) is 8.05. The van der Waals surface area contributed by atoms with E-state index in [1.807, 2.05) is 52.0 Å². The average molecular weight is 278 g/mol. The van der Waals surface area contributed by atoms with Crippen molar-refractivity contribution in [3.05, 3.63) is 29.8 Å². The first-order chi connectivity index (χ1) is 9.25. The van der Waals surface area contributed by atoms with Crippen LogP contribution in [0.1, 0.15) is 45.7 Å². The Balaban J connectivity index is 2.66. The first kappa shape index (κ1) is 16.5. The quantitative estimate of drug-likeness (QED) is 0.870. The zero-order valence-electron chi connectivity index (χ0n) is 13.1. The fraction of sp³-hybridized carbons (Fsp3) is 0.562. The lowest BCUT2D eigenvalue weighted by molar-refractivity contribution is -0.122. The smallest absolute Gasteiger partial charge is 0.222 e. The summed E-state index contributed by atoms with van der Waals surface area (Å²) in [5.41, 5.74) is 6.92. The summed E-state index contributed by atoms with van der Waals surface area (Å²) in [6, 6.07) is 7.42. The first-order valence-corrected chi connectivity index (χ1v) is 6.93. The molecular formula is C16H26N2O2. The number of hydrogen-bond donors (Lipinski definition) is 2. The number of para-hydroxylation sites is 1. The molecule has 0 aliphatic rings. The predicted molar refractivity (Wildman–Crippen MR) is 81.6 cm³/mol. The third-order valence-corrected chi connectivity index (χ3v) is 3.50. The number of ether oxygens (including phenoxy) is 1. The van der Waals surface area contributed by atoms with Crippen molar-refractivity contribution in [2.75, 3.05) is 7.11 Å². The van der Waals surface area contributed by atoms with E-state index in [1.165, 1.54) is 0 Å². The minimum absolute atomic E-state index is 0.0363. The van der Waals surface area contributed by atoms with Crippen molar-refractivity contribution in [1.29, 1.82) is 0 Å². The van der Waals surface area contributed by atoms with Crippen LogP contribution in [0, 0.1) is 5.41 Å². The van der Waals surface area contributed by atoms with Crippen LogP contribution in [0.25, 0.3) is 0 Å². The molecule has 1 aromatic rings. The van der Waals surface area contributed by atoms with Gasteiger partial charge in [0.2, 0.25) is 5.91 Å². The molecule has 3 N–H and O–H groups in total. The van der Waals surface area contributed by atoms with Gasteiger partial charge in [0.15, 0.2) is 0 Å². The topological polar surface area (TPSA) is 64.3 Å². The van der Waals surface area contributed by atoms with Gasteiger partial charge in [-0.1, -0.05) is 39.0 Å². The fourth-order valence-electron chi connectivity index (χ4n) is 1.91. The van der Waals surface area contributed by atoms with Crippen molar-refractivity contribution in [3.63, 3.8) is 0 Å². The second kappa shape index (κ2) is 6.75. The van der Waals surface area contributed by atoms with E-state index in [-0.39, 0.29) is 23.4 Å². The predicted octanol–water partition coefficient (Wildman–Crippen LogP) is 2.64. The van der Waals surface area contributed by atoms with Gasteiger partial charge in [0.05, 0.1) is 13.2 Å². The maximum Gasteiger partial charge on any atom is 0.222 e. The molecule has 0 aromatic heterocycles. The normalized spacial score (nSPS) is 14.5. The van der Waals surface area contributed by atoms with Gasteiger partial charge in [0.1, 0.15) is 5.75 Å². The minimum Gasteiger partial charge on any atom is -0.496 e. The summed E-state index contributed by atoms with van der Waals surface area (Å²) >= 11 is 0. The first-order valence-electron chi connectivity index (χ1n) is 6.93. The zero-order valence-corrected chi connectivity index (χ0v) is 13.1. The molecule has 1 rings (SSSR count). The minimum atomic E-state index is -0.160. The molecule has 0 saturated heterocycles. The Hall–Kier alpha value is -1.55. The summed E-state index contributed by atoms with van der Waals surface area (Å²) in [5, 5.41) is 2.97. The van der Waals surface area contributed by atoms with Crippen LogP contribution in [0.2, 0.25) is 0 Å². The number of hydrogen-bond acceptors (Lipinski definition) is 3. The van der Waals surface area contributed by atoms with Crippen LogP contribution in [-0.2, 0) is 4.79 Å².